The van der Waals surface area contributed by atoms with Gasteiger partial charge in [0.05, 0.1) is 0 Å². The molecule has 0 amide bonds. The number of hydroxylamine groups is 2. The minimum absolute atomic E-state index is 0.332. The Morgan fingerprint density at radius 1 is 0.792 bits per heavy atom. The summed E-state index contributed by atoms with van der Waals surface area (Å²) in [6.45, 7) is 2.26. The van der Waals surface area contributed by atoms with Gasteiger partial charge in [-0.2, -0.15) is 5.06 Å². The number of carboxylic acids is 1. The number of carboxylic acid groups (broad SMARTS) is 1. The van der Waals surface area contributed by atoms with E-state index in [0.29, 0.717) is 6.42 Å². The number of unbranched alkanes of at least 4 members (excludes halogenated alkanes) is 11. The highest BCUT2D eigenvalue weighted by molar-refractivity contribution is 5.66. The normalized spacial score (nSPS) is 10.9. The Bertz CT molecular complexity index is 275. The maximum absolute atomic E-state index is 10.3. The molecule has 0 aromatic carbocycles. The number of carbonyl (C=O) groups is 1. The van der Waals surface area contributed by atoms with E-state index in [1.54, 1.807) is 14.1 Å². The summed E-state index contributed by atoms with van der Waals surface area (Å²) in [4.78, 5) is 10.3. The van der Waals surface area contributed by atoms with Gasteiger partial charge in [-0.3, -0.25) is 4.79 Å². The summed E-state index contributed by atoms with van der Waals surface area (Å²) in [5.41, 5.74) is 0. The minimum Gasteiger partial charge on any atom is -0.481 e. The fraction of sp³-hybridized carbons (Fsp3) is 0.850. The molecule has 0 heterocycles. The highest BCUT2D eigenvalue weighted by Crippen LogP contribution is 2.09. The van der Waals surface area contributed by atoms with Crippen LogP contribution in [0.3, 0.4) is 0 Å². The topological polar surface area (TPSA) is 60.8 Å². The second-order valence-corrected chi connectivity index (χ2v) is 6.58. The predicted octanol–water partition coefficient (Wildman–Crippen LogP) is 6.05. The molecule has 4 heteroatoms. The lowest BCUT2D eigenvalue weighted by molar-refractivity contribution is -0.137. The summed E-state index contributed by atoms with van der Waals surface area (Å²) in [6.07, 6.45) is 21.2. The van der Waals surface area contributed by atoms with Crippen LogP contribution in [0, 0.1) is 0 Å². The van der Waals surface area contributed by atoms with E-state index < -0.39 is 5.97 Å². The Hall–Kier alpha value is -0.870. The summed E-state index contributed by atoms with van der Waals surface area (Å²) < 4.78 is 0. The Balaban J connectivity index is 0. The van der Waals surface area contributed by atoms with Gasteiger partial charge in [0.15, 0.2) is 0 Å². The summed E-state index contributed by atoms with van der Waals surface area (Å²) in [5.74, 6) is -0.664. The van der Waals surface area contributed by atoms with Gasteiger partial charge in [-0.1, -0.05) is 70.4 Å². The first-order chi connectivity index (χ1) is 11.5. The van der Waals surface area contributed by atoms with Crippen molar-refractivity contribution in [2.24, 2.45) is 0 Å². The van der Waals surface area contributed by atoms with Crippen molar-refractivity contribution in [1.82, 2.24) is 5.06 Å². The van der Waals surface area contributed by atoms with E-state index in [1.807, 2.05) is 0 Å². The van der Waals surface area contributed by atoms with Gasteiger partial charge in [-0.15, -0.1) is 0 Å². The fourth-order valence-electron chi connectivity index (χ4n) is 2.35. The Morgan fingerprint density at radius 3 is 1.58 bits per heavy atom. The van der Waals surface area contributed by atoms with Crippen molar-refractivity contribution in [3.63, 3.8) is 0 Å². The van der Waals surface area contributed by atoms with Crippen LogP contribution < -0.4 is 0 Å². The second-order valence-electron chi connectivity index (χ2n) is 6.58. The molecule has 0 unspecified atom stereocenters. The maximum Gasteiger partial charge on any atom is 0.303 e. The standard InChI is InChI=1S/C18H34O2.C2H7NO/c1-2-3-4-5-6-7-8-9-10-11-12-13-14-15-16-17-18(19)20;1-3(2)4/h9-10H,2-8,11-17H2,1H3,(H,19,20);4H,1-2H3. The van der Waals surface area contributed by atoms with E-state index in [2.05, 4.69) is 19.1 Å². The third-order valence-corrected chi connectivity index (χ3v) is 3.65. The van der Waals surface area contributed by atoms with Crippen LogP contribution in [-0.4, -0.2) is 35.4 Å². The van der Waals surface area contributed by atoms with E-state index in [9.17, 15) is 4.79 Å². The zero-order valence-electron chi connectivity index (χ0n) is 16.3. The smallest absolute Gasteiger partial charge is 0.303 e. The lowest BCUT2D eigenvalue weighted by atomic mass is 10.1. The molecule has 0 rings (SSSR count). The third-order valence-electron chi connectivity index (χ3n) is 3.65. The number of rotatable bonds is 15. The first-order valence-corrected chi connectivity index (χ1v) is 9.73. The molecular formula is C20H41NO3. The lowest BCUT2D eigenvalue weighted by Crippen LogP contribution is -2.01. The Labute approximate surface area is 149 Å². The molecule has 2 N–H and O–H groups in total. The number of hydrogen-bond donors (Lipinski definition) is 2. The van der Waals surface area contributed by atoms with Gasteiger partial charge in [0.1, 0.15) is 0 Å². The first-order valence-electron chi connectivity index (χ1n) is 9.73. The van der Waals surface area contributed by atoms with Crippen LogP contribution >= 0.6 is 0 Å². The molecule has 4 nitrogen and oxygen atoms in total. The van der Waals surface area contributed by atoms with Crippen LogP contribution in [-0.2, 0) is 4.79 Å². The molecule has 0 aromatic heterocycles. The summed E-state index contributed by atoms with van der Waals surface area (Å²) >= 11 is 0. The molecule has 24 heavy (non-hydrogen) atoms. The number of aliphatic carboxylic acids is 1. The van der Waals surface area contributed by atoms with E-state index in [-0.39, 0.29) is 0 Å². The molecule has 0 saturated heterocycles. The molecule has 144 valence electrons. The SMILES string of the molecule is CCCCCCCCC=CCCCCCCCC(=O)O.CN(C)O. The van der Waals surface area contributed by atoms with E-state index in [4.69, 9.17) is 10.3 Å². The highest BCUT2D eigenvalue weighted by Gasteiger charge is 1.95. The average molecular weight is 344 g/mol. The third kappa shape index (κ3) is 32.9. The lowest BCUT2D eigenvalue weighted by Gasteiger charge is -1.99. The van der Waals surface area contributed by atoms with Gasteiger partial charge in [0.2, 0.25) is 0 Å². The van der Waals surface area contributed by atoms with Crippen molar-refractivity contribution in [1.29, 1.82) is 0 Å². The van der Waals surface area contributed by atoms with Gasteiger partial charge in [-0.25, -0.2) is 0 Å². The van der Waals surface area contributed by atoms with Crippen molar-refractivity contribution in [3.05, 3.63) is 12.2 Å². The zero-order chi connectivity index (χ0) is 18.5. The van der Waals surface area contributed by atoms with Crippen LogP contribution in [0.1, 0.15) is 96.8 Å². The van der Waals surface area contributed by atoms with E-state index in [0.717, 1.165) is 17.9 Å². The monoisotopic (exact) mass is 343 g/mol. The highest BCUT2D eigenvalue weighted by atomic mass is 16.5. The van der Waals surface area contributed by atoms with Crippen molar-refractivity contribution in [2.75, 3.05) is 14.1 Å². The molecule has 0 aromatic rings. The van der Waals surface area contributed by atoms with E-state index in [1.165, 1.54) is 70.6 Å². The van der Waals surface area contributed by atoms with Crippen LogP contribution in [0.2, 0.25) is 0 Å². The minimum atomic E-state index is -0.664. The molecular weight excluding hydrogens is 302 g/mol. The van der Waals surface area contributed by atoms with Crippen molar-refractivity contribution in [3.8, 4) is 0 Å². The molecule has 0 radical (unpaired) electrons. The van der Waals surface area contributed by atoms with Crippen molar-refractivity contribution in [2.45, 2.75) is 96.8 Å². The average Bonchev–Trinajstić information content (AvgIpc) is 2.50. The number of hydrogen-bond acceptors (Lipinski definition) is 3. The first kappa shape index (κ1) is 25.4. The van der Waals surface area contributed by atoms with E-state index >= 15 is 0 Å². The molecule has 0 aliphatic rings. The van der Waals surface area contributed by atoms with Gasteiger partial charge in [0, 0.05) is 20.5 Å². The number of allylic oxidation sites excluding steroid dienone is 2. The maximum atomic E-state index is 10.3. The van der Waals surface area contributed by atoms with Crippen LogP contribution in [0.15, 0.2) is 12.2 Å². The summed E-state index contributed by atoms with van der Waals surface area (Å²) in [5, 5.41) is 17.4. The van der Waals surface area contributed by atoms with Crippen LogP contribution in [0.25, 0.3) is 0 Å². The Morgan fingerprint density at radius 2 is 1.17 bits per heavy atom. The molecule has 0 aliphatic heterocycles. The van der Waals surface area contributed by atoms with Gasteiger partial charge in [-0.05, 0) is 32.1 Å². The largest absolute Gasteiger partial charge is 0.481 e. The van der Waals surface area contributed by atoms with Gasteiger partial charge < -0.3 is 10.3 Å². The molecule has 0 spiro atoms. The fourth-order valence-corrected chi connectivity index (χ4v) is 2.35. The molecule has 0 atom stereocenters. The van der Waals surface area contributed by atoms with Gasteiger partial charge in [0.25, 0.3) is 0 Å². The van der Waals surface area contributed by atoms with Gasteiger partial charge >= 0.3 is 5.97 Å². The second kappa shape index (κ2) is 22.1. The number of nitrogens with zero attached hydrogens (tertiary/aromatic N) is 1. The molecule has 0 bridgehead atoms. The molecule has 0 aliphatic carbocycles. The van der Waals surface area contributed by atoms with Crippen LogP contribution in [0.5, 0.6) is 0 Å². The quantitative estimate of drug-likeness (QED) is 0.216. The zero-order valence-corrected chi connectivity index (χ0v) is 16.3. The predicted molar refractivity (Wildman–Crippen MR) is 103 cm³/mol. The molecule has 0 fully saturated rings. The summed E-state index contributed by atoms with van der Waals surface area (Å²) in [6, 6.07) is 0. The van der Waals surface area contributed by atoms with Crippen LogP contribution in [0.4, 0.5) is 0 Å². The molecule has 0 saturated carbocycles. The van der Waals surface area contributed by atoms with Crippen molar-refractivity contribution >= 4 is 5.97 Å². The Kier molecular flexibility index (Phi) is 23.4. The summed E-state index contributed by atoms with van der Waals surface area (Å²) in [7, 11) is 3.11. The van der Waals surface area contributed by atoms with Crippen molar-refractivity contribution < 1.29 is 15.1 Å².